The van der Waals surface area contributed by atoms with Gasteiger partial charge < -0.3 is 16.0 Å². The van der Waals surface area contributed by atoms with Crippen LogP contribution >= 0.6 is 0 Å². The van der Waals surface area contributed by atoms with Crippen LogP contribution in [0.4, 0.5) is 17.5 Å². The van der Waals surface area contributed by atoms with Crippen LogP contribution in [0.1, 0.15) is 74.5 Å². The number of rotatable bonds is 10. The smallest absolute Gasteiger partial charge is 0.229 e. The topological polar surface area (TPSA) is 91.8 Å². The third-order valence-electron chi connectivity index (χ3n) is 6.29. The monoisotopic (exact) mass is 406 g/mol. The second-order valence-corrected chi connectivity index (χ2v) is 8.84. The average molecular weight is 407 g/mol. The molecule has 0 aromatic carbocycles. The Labute approximate surface area is 177 Å². The van der Waals surface area contributed by atoms with Crippen LogP contribution in [0.3, 0.4) is 0 Å². The summed E-state index contributed by atoms with van der Waals surface area (Å²) in [4.78, 5) is 25.7. The van der Waals surface area contributed by atoms with Gasteiger partial charge in [-0.25, -0.2) is 4.98 Å². The lowest BCUT2D eigenvalue weighted by atomic mass is 9.85. The first-order chi connectivity index (χ1) is 14.8. The van der Waals surface area contributed by atoms with Crippen LogP contribution < -0.4 is 16.0 Å². The van der Waals surface area contributed by atoms with Gasteiger partial charge >= 0.3 is 0 Å². The maximum absolute atomic E-state index is 11.9. The molecule has 0 saturated heterocycles. The average Bonchev–Trinajstić information content (AvgIpc) is 3.61. The van der Waals surface area contributed by atoms with Crippen molar-refractivity contribution in [1.29, 1.82) is 0 Å². The van der Waals surface area contributed by atoms with Crippen LogP contribution in [0, 0.1) is 5.92 Å². The molecular formula is C23H30N6O. The van der Waals surface area contributed by atoms with Crippen LogP contribution in [-0.4, -0.2) is 33.9 Å². The van der Waals surface area contributed by atoms with E-state index in [0.717, 1.165) is 37.3 Å². The zero-order valence-electron chi connectivity index (χ0n) is 17.4. The SMILES string of the molecule is O=C(NCCCNc1nc(Nc2ccc(C3CC3)nc2)ncc1C1CC1)C1CCC1. The fourth-order valence-corrected chi connectivity index (χ4v) is 3.84. The maximum Gasteiger partial charge on any atom is 0.229 e. The van der Waals surface area contributed by atoms with Crippen molar-refractivity contribution in [2.45, 2.75) is 63.2 Å². The molecule has 0 radical (unpaired) electrons. The summed E-state index contributed by atoms with van der Waals surface area (Å²) in [5.41, 5.74) is 3.28. The minimum Gasteiger partial charge on any atom is -0.370 e. The highest BCUT2D eigenvalue weighted by molar-refractivity contribution is 5.79. The lowest BCUT2D eigenvalue weighted by Crippen LogP contribution is -2.35. The summed E-state index contributed by atoms with van der Waals surface area (Å²) in [5, 5.41) is 9.79. The van der Waals surface area contributed by atoms with Gasteiger partial charge in [0.05, 0.1) is 11.9 Å². The Morgan fingerprint density at radius 1 is 0.967 bits per heavy atom. The van der Waals surface area contributed by atoms with Gasteiger partial charge in [-0.1, -0.05) is 6.42 Å². The van der Waals surface area contributed by atoms with Gasteiger partial charge in [0.1, 0.15) is 5.82 Å². The first-order valence-corrected chi connectivity index (χ1v) is 11.4. The molecule has 0 spiro atoms. The molecule has 3 aliphatic rings. The van der Waals surface area contributed by atoms with Crippen molar-refractivity contribution in [2.24, 2.45) is 5.92 Å². The lowest BCUT2D eigenvalue weighted by Gasteiger charge is -2.24. The standard InChI is InChI=1S/C23H30N6O/c30-22(17-3-1-4-17)25-12-2-11-24-21-19(15-5-6-15)14-27-23(29-21)28-18-9-10-20(26-13-18)16-7-8-16/h9-10,13-17H,1-8,11-12H2,(H,25,30)(H2,24,27,28,29). The third kappa shape index (κ3) is 4.71. The molecule has 7 nitrogen and oxygen atoms in total. The minimum absolute atomic E-state index is 0.217. The summed E-state index contributed by atoms with van der Waals surface area (Å²) >= 11 is 0. The van der Waals surface area contributed by atoms with Crippen molar-refractivity contribution in [3.63, 3.8) is 0 Å². The second-order valence-electron chi connectivity index (χ2n) is 8.84. The lowest BCUT2D eigenvalue weighted by molar-refractivity contribution is -0.127. The van der Waals surface area contributed by atoms with Crippen LogP contribution in [-0.2, 0) is 4.79 Å². The number of nitrogens with zero attached hydrogens (tertiary/aromatic N) is 3. The van der Waals surface area contributed by atoms with Crippen molar-refractivity contribution >= 4 is 23.4 Å². The molecule has 5 rings (SSSR count). The summed E-state index contributed by atoms with van der Waals surface area (Å²) in [7, 11) is 0. The van der Waals surface area contributed by atoms with Gasteiger partial charge in [0, 0.05) is 42.4 Å². The van der Waals surface area contributed by atoms with Crippen LogP contribution in [0.5, 0.6) is 0 Å². The molecule has 2 aromatic heterocycles. The highest BCUT2D eigenvalue weighted by Crippen LogP contribution is 2.43. The van der Waals surface area contributed by atoms with E-state index in [1.807, 2.05) is 12.4 Å². The van der Waals surface area contributed by atoms with E-state index in [0.29, 0.717) is 24.3 Å². The largest absolute Gasteiger partial charge is 0.370 e. The van der Waals surface area contributed by atoms with Crippen LogP contribution in [0.15, 0.2) is 24.5 Å². The Morgan fingerprint density at radius 2 is 1.80 bits per heavy atom. The molecule has 3 N–H and O–H groups in total. The summed E-state index contributed by atoms with van der Waals surface area (Å²) in [5.74, 6) is 3.18. The molecule has 1 amide bonds. The Bertz CT molecular complexity index is 887. The Kier molecular flexibility index (Phi) is 5.51. The van der Waals surface area contributed by atoms with Gasteiger partial charge in [-0.2, -0.15) is 4.98 Å². The summed E-state index contributed by atoms with van der Waals surface area (Å²) in [6, 6.07) is 4.15. The normalized spacial score (nSPS) is 18.5. The van der Waals surface area contributed by atoms with Crippen LogP contribution in [0.2, 0.25) is 0 Å². The molecule has 7 heteroatoms. The number of anilines is 3. The van der Waals surface area contributed by atoms with Gasteiger partial charge in [0.25, 0.3) is 0 Å². The van der Waals surface area contributed by atoms with Crippen molar-refractivity contribution in [3.8, 4) is 0 Å². The van der Waals surface area contributed by atoms with E-state index in [1.54, 1.807) is 0 Å². The second kappa shape index (κ2) is 8.58. The predicted molar refractivity (Wildman–Crippen MR) is 117 cm³/mol. The maximum atomic E-state index is 11.9. The summed E-state index contributed by atoms with van der Waals surface area (Å²) in [6.07, 6.45) is 12.9. The van der Waals surface area contributed by atoms with Gasteiger partial charge in [-0.3, -0.25) is 9.78 Å². The molecular weight excluding hydrogens is 376 g/mol. The van der Waals surface area contributed by atoms with Gasteiger partial charge in [-0.05, 0) is 63.0 Å². The van der Waals surface area contributed by atoms with E-state index in [-0.39, 0.29) is 11.8 Å². The fraction of sp³-hybridized carbons (Fsp3) is 0.565. The Balaban J connectivity index is 1.16. The summed E-state index contributed by atoms with van der Waals surface area (Å²) in [6.45, 7) is 1.48. The zero-order chi connectivity index (χ0) is 20.3. The van der Waals surface area contributed by atoms with Crippen molar-refractivity contribution in [2.75, 3.05) is 23.7 Å². The van der Waals surface area contributed by atoms with Crippen molar-refractivity contribution in [1.82, 2.24) is 20.3 Å². The Hall–Kier alpha value is -2.70. The highest BCUT2D eigenvalue weighted by Gasteiger charge is 2.28. The molecule has 158 valence electrons. The molecule has 0 aliphatic heterocycles. The zero-order valence-corrected chi connectivity index (χ0v) is 17.4. The van der Waals surface area contributed by atoms with Crippen molar-refractivity contribution < 1.29 is 4.79 Å². The number of aromatic nitrogens is 3. The molecule has 30 heavy (non-hydrogen) atoms. The highest BCUT2D eigenvalue weighted by atomic mass is 16.1. The number of pyridine rings is 1. The van der Waals surface area contributed by atoms with E-state index in [1.165, 1.54) is 43.4 Å². The van der Waals surface area contributed by atoms with E-state index in [4.69, 9.17) is 4.98 Å². The van der Waals surface area contributed by atoms with E-state index in [9.17, 15) is 4.79 Å². The molecule has 2 aromatic rings. The van der Waals surface area contributed by atoms with E-state index >= 15 is 0 Å². The van der Waals surface area contributed by atoms with E-state index in [2.05, 4.69) is 38.1 Å². The predicted octanol–water partition coefficient (Wildman–Crippen LogP) is 4.09. The number of amides is 1. The number of hydrogen-bond acceptors (Lipinski definition) is 6. The van der Waals surface area contributed by atoms with Crippen molar-refractivity contribution in [3.05, 3.63) is 35.8 Å². The fourth-order valence-electron chi connectivity index (χ4n) is 3.84. The molecule has 3 aliphatic carbocycles. The van der Waals surface area contributed by atoms with Crippen LogP contribution in [0.25, 0.3) is 0 Å². The first kappa shape index (κ1) is 19.3. The van der Waals surface area contributed by atoms with E-state index < -0.39 is 0 Å². The molecule has 0 atom stereocenters. The summed E-state index contributed by atoms with van der Waals surface area (Å²) < 4.78 is 0. The Morgan fingerprint density at radius 3 is 2.47 bits per heavy atom. The number of nitrogens with one attached hydrogen (secondary N) is 3. The quantitative estimate of drug-likeness (QED) is 0.515. The molecule has 3 fully saturated rings. The van der Waals surface area contributed by atoms with Gasteiger partial charge in [0.2, 0.25) is 11.9 Å². The number of carbonyl (C=O) groups excluding carboxylic acids is 1. The molecule has 3 saturated carbocycles. The third-order valence-corrected chi connectivity index (χ3v) is 6.29. The number of carbonyl (C=O) groups is 1. The molecule has 0 bridgehead atoms. The molecule has 2 heterocycles. The number of hydrogen-bond donors (Lipinski definition) is 3. The van der Waals surface area contributed by atoms with Gasteiger partial charge in [-0.15, -0.1) is 0 Å². The van der Waals surface area contributed by atoms with Gasteiger partial charge in [0.15, 0.2) is 0 Å². The minimum atomic E-state index is 0.217. The molecule has 0 unspecified atom stereocenters. The first-order valence-electron chi connectivity index (χ1n) is 11.4.